The second-order valence-corrected chi connectivity index (χ2v) is 6.39. The van der Waals surface area contributed by atoms with Crippen LogP contribution in [0, 0.1) is 11.8 Å². The van der Waals surface area contributed by atoms with Crippen molar-refractivity contribution in [3.05, 3.63) is 33.8 Å². The van der Waals surface area contributed by atoms with Crippen LogP contribution in [-0.2, 0) is 12.8 Å². The number of rotatable bonds is 3. The highest BCUT2D eigenvalue weighted by molar-refractivity contribution is 9.10. The SMILES string of the molecule is CNC(C(C)C)C1CCc2cc(Br)ccc2C1. The molecule has 1 aliphatic rings. The van der Waals surface area contributed by atoms with Crippen molar-refractivity contribution < 1.29 is 0 Å². The molecule has 2 unspecified atom stereocenters. The zero-order valence-electron chi connectivity index (χ0n) is 11.0. The van der Waals surface area contributed by atoms with Gasteiger partial charge in [0.1, 0.15) is 0 Å². The first-order chi connectivity index (χ1) is 8.11. The summed E-state index contributed by atoms with van der Waals surface area (Å²) < 4.78 is 1.21. The summed E-state index contributed by atoms with van der Waals surface area (Å²) in [6.45, 7) is 4.64. The van der Waals surface area contributed by atoms with Crippen molar-refractivity contribution in [3.63, 3.8) is 0 Å². The Kier molecular flexibility index (Phi) is 4.26. The highest BCUT2D eigenvalue weighted by Crippen LogP contribution is 2.31. The van der Waals surface area contributed by atoms with Crippen molar-refractivity contribution in [2.24, 2.45) is 11.8 Å². The van der Waals surface area contributed by atoms with E-state index < -0.39 is 0 Å². The minimum atomic E-state index is 0.645. The molecule has 1 aromatic carbocycles. The Labute approximate surface area is 113 Å². The van der Waals surface area contributed by atoms with Crippen LogP contribution >= 0.6 is 15.9 Å². The molecule has 0 aliphatic heterocycles. The summed E-state index contributed by atoms with van der Waals surface area (Å²) >= 11 is 3.56. The molecule has 1 nitrogen and oxygen atoms in total. The van der Waals surface area contributed by atoms with Crippen LogP contribution in [0.3, 0.4) is 0 Å². The molecule has 0 bridgehead atoms. The Balaban J connectivity index is 2.15. The van der Waals surface area contributed by atoms with Gasteiger partial charge in [-0.3, -0.25) is 0 Å². The Hall–Kier alpha value is -0.340. The summed E-state index contributed by atoms with van der Waals surface area (Å²) in [6, 6.07) is 7.39. The lowest BCUT2D eigenvalue weighted by molar-refractivity contribution is 0.272. The molecule has 0 radical (unpaired) electrons. The average molecular weight is 296 g/mol. The van der Waals surface area contributed by atoms with E-state index >= 15 is 0 Å². The van der Waals surface area contributed by atoms with E-state index in [4.69, 9.17) is 0 Å². The van der Waals surface area contributed by atoms with Crippen LogP contribution in [0.25, 0.3) is 0 Å². The highest BCUT2D eigenvalue weighted by Gasteiger charge is 2.27. The quantitative estimate of drug-likeness (QED) is 0.894. The van der Waals surface area contributed by atoms with Crippen molar-refractivity contribution in [2.75, 3.05) is 7.05 Å². The number of nitrogens with one attached hydrogen (secondary N) is 1. The van der Waals surface area contributed by atoms with Gasteiger partial charge >= 0.3 is 0 Å². The van der Waals surface area contributed by atoms with Crippen LogP contribution in [0.2, 0.25) is 0 Å². The third kappa shape index (κ3) is 2.92. The summed E-state index contributed by atoms with van der Waals surface area (Å²) in [7, 11) is 2.10. The van der Waals surface area contributed by atoms with Gasteiger partial charge in [-0.15, -0.1) is 0 Å². The van der Waals surface area contributed by atoms with Crippen LogP contribution < -0.4 is 5.32 Å². The lowest BCUT2D eigenvalue weighted by atomic mass is 9.77. The van der Waals surface area contributed by atoms with Gasteiger partial charge in [-0.05, 0) is 61.4 Å². The van der Waals surface area contributed by atoms with Gasteiger partial charge in [0.15, 0.2) is 0 Å². The number of fused-ring (bicyclic) bond motifs is 1. The van der Waals surface area contributed by atoms with E-state index in [1.807, 2.05) is 0 Å². The lowest BCUT2D eigenvalue weighted by Gasteiger charge is -2.34. The topological polar surface area (TPSA) is 12.0 Å². The fourth-order valence-corrected chi connectivity index (χ4v) is 3.58. The third-order valence-corrected chi connectivity index (χ3v) is 4.49. The number of halogens is 1. The fourth-order valence-electron chi connectivity index (χ4n) is 3.17. The number of aryl methyl sites for hydroxylation is 1. The maximum absolute atomic E-state index is 3.56. The van der Waals surface area contributed by atoms with Gasteiger partial charge in [0.25, 0.3) is 0 Å². The van der Waals surface area contributed by atoms with Crippen LogP contribution in [-0.4, -0.2) is 13.1 Å². The van der Waals surface area contributed by atoms with E-state index in [9.17, 15) is 0 Å². The average Bonchev–Trinajstić information content (AvgIpc) is 2.29. The lowest BCUT2D eigenvalue weighted by Crippen LogP contribution is -2.40. The van der Waals surface area contributed by atoms with Crippen molar-refractivity contribution in [1.29, 1.82) is 0 Å². The molecule has 1 N–H and O–H groups in total. The molecule has 0 fully saturated rings. The summed E-state index contributed by atoms with van der Waals surface area (Å²) in [5.74, 6) is 1.50. The van der Waals surface area contributed by atoms with E-state index in [-0.39, 0.29) is 0 Å². The number of hydrogen-bond acceptors (Lipinski definition) is 1. The standard InChI is InChI=1S/C15H22BrN/c1-10(2)15(17-3)13-5-4-12-9-14(16)7-6-11(12)8-13/h6-7,9-10,13,15,17H,4-5,8H2,1-3H3. The predicted molar refractivity (Wildman–Crippen MR) is 77.3 cm³/mol. The van der Waals surface area contributed by atoms with Gasteiger partial charge in [-0.1, -0.05) is 35.8 Å². The minimum Gasteiger partial charge on any atom is -0.316 e. The molecular formula is C15H22BrN. The van der Waals surface area contributed by atoms with E-state index in [1.54, 1.807) is 5.56 Å². The molecular weight excluding hydrogens is 274 g/mol. The van der Waals surface area contributed by atoms with Crippen molar-refractivity contribution in [3.8, 4) is 0 Å². The predicted octanol–water partition coefficient (Wildman–Crippen LogP) is 3.80. The monoisotopic (exact) mass is 295 g/mol. The molecule has 0 saturated carbocycles. The second kappa shape index (κ2) is 5.53. The Morgan fingerprint density at radius 1 is 1.29 bits per heavy atom. The Morgan fingerprint density at radius 3 is 2.71 bits per heavy atom. The maximum atomic E-state index is 3.56. The first kappa shape index (κ1) is 13.1. The van der Waals surface area contributed by atoms with Crippen LogP contribution in [0.5, 0.6) is 0 Å². The first-order valence-corrected chi connectivity index (χ1v) is 7.35. The molecule has 17 heavy (non-hydrogen) atoms. The maximum Gasteiger partial charge on any atom is 0.0178 e. The zero-order valence-corrected chi connectivity index (χ0v) is 12.5. The number of hydrogen-bond donors (Lipinski definition) is 1. The Bertz CT molecular complexity index is 387. The molecule has 0 aromatic heterocycles. The normalized spacial score (nSPS) is 21.4. The third-order valence-electron chi connectivity index (χ3n) is 3.99. The van der Waals surface area contributed by atoms with Gasteiger partial charge in [0.05, 0.1) is 0 Å². The van der Waals surface area contributed by atoms with Gasteiger partial charge in [-0.25, -0.2) is 0 Å². The highest BCUT2D eigenvalue weighted by atomic mass is 79.9. The number of benzene rings is 1. The minimum absolute atomic E-state index is 0.645. The summed E-state index contributed by atoms with van der Waals surface area (Å²) in [5.41, 5.74) is 3.08. The smallest absolute Gasteiger partial charge is 0.0178 e. The molecule has 2 atom stereocenters. The van der Waals surface area contributed by atoms with Crippen molar-refractivity contribution in [2.45, 2.75) is 39.2 Å². The Morgan fingerprint density at radius 2 is 2.06 bits per heavy atom. The second-order valence-electron chi connectivity index (χ2n) is 5.47. The molecule has 2 heteroatoms. The van der Waals surface area contributed by atoms with E-state index in [0.29, 0.717) is 12.0 Å². The summed E-state index contributed by atoms with van der Waals surface area (Å²) in [5, 5.41) is 3.50. The molecule has 0 heterocycles. The molecule has 2 rings (SSSR count). The van der Waals surface area contributed by atoms with Gasteiger partial charge in [0, 0.05) is 10.5 Å². The molecule has 94 valence electrons. The van der Waals surface area contributed by atoms with Gasteiger partial charge in [-0.2, -0.15) is 0 Å². The van der Waals surface area contributed by atoms with Gasteiger partial charge in [0.2, 0.25) is 0 Å². The molecule has 1 aromatic rings. The van der Waals surface area contributed by atoms with Crippen LogP contribution in [0.15, 0.2) is 22.7 Å². The molecule has 0 spiro atoms. The fraction of sp³-hybridized carbons (Fsp3) is 0.600. The first-order valence-electron chi connectivity index (χ1n) is 6.56. The van der Waals surface area contributed by atoms with E-state index in [0.717, 1.165) is 5.92 Å². The van der Waals surface area contributed by atoms with E-state index in [2.05, 4.69) is 60.3 Å². The zero-order chi connectivity index (χ0) is 12.4. The molecule has 1 aliphatic carbocycles. The van der Waals surface area contributed by atoms with Gasteiger partial charge < -0.3 is 5.32 Å². The van der Waals surface area contributed by atoms with Crippen LogP contribution in [0.4, 0.5) is 0 Å². The summed E-state index contributed by atoms with van der Waals surface area (Å²) in [6.07, 6.45) is 3.77. The summed E-state index contributed by atoms with van der Waals surface area (Å²) in [4.78, 5) is 0. The molecule has 0 amide bonds. The molecule has 0 saturated heterocycles. The van der Waals surface area contributed by atoms with Crippen molar-refractivity contribution in [1.82, 2.24) is 5.32 Å². The van der Waals surface area contributed by atoms with E-state index in [1.165, 1.54) is 29.3 Å². The largest absolute Gasteiger partial charge is 0.316 e. The van der Waals surface area contributed by atoms with Crippen molar-refractivity contribution >= 4 is 15.9 Å². The van der Waals surface area contributed by atoms with Crippen LogP contribution in [0.1, 0.15) is 31.4 Å².